The first-order valence-electron chi connectivity index (χ1n) is 11.3. The Bertz CT molecular complexity index is 562. The summed E-state index contributed by atoms with van der Waals surface area (Å²) in [5.74, 6) is -1.02. The second-order valence-corrected chi connectivity index (χ2v) is 8.50. The van der Waals surface area contributed by atoms with Crippen molar-refractivity contribution in [3.05, 3.63) is 0 Å². The second-order valence-electron chi connectivity index (χ2n) is 8.50. The van der Waals surface area contributed by atoms with Crippen molar-refractivity contribution >= 4 is 18.0 Å². The first-order chi connectivity index (χ1) is 16.4. The Labute approximate surface area is 204 Å². The van der Waals surface area contributed by atoms with Crippen molar-refractivity contribution in [3.8, 4) is 0 Å². The highest BCUT2D eigenvalue weighted by Gasteiger charge is 2.22. The monoisotopic (exact) mass is 513 g/mol. The van der Waals surface area contributed by atoms with Crippen LogP contribution in [-0.2, 0) is 33.5 Å². The first-order valence-corrected chi connectivity index (χ1v) is 11.3. The third kappa shape index (κ3) is 23.4. The third-order valence-corrected chi connectivity index (χ3v) is 4.08. The molecule has 0 aromatic carbocycles. The Hall–Kier alpha value is -2.11. The van der Waals surface area contributed by atoms with Gasteiger partial charge in [-0.05, 0) is 46.5 Å². The Morgan fingerprint density at radius 2 is 1.17 bits per heavy atom. The van der Waals surface area contributed by atoms with Gasteiger partial charge < -0.3 is 19.5 Å². The number of hydrogen-bond donors (Lipinski definition) is 5. The minimum absolute atomic E-state index is 0.0764. The number of esters is 2. The summed E-state index contributed by atoms with van der Waals surface area (Å²) >= 11 is 0. The van der Waals surface area contributed by atoms with Gasteiger partial charge in [0.2, 0.25) is 0 Å². The molecule has 0 rings (SSSR count). The lowest BCUT2D eigenvalue weighted by Gasteiger charge is -2.23. The summed E-state index contributed by atoms with van der Waals surface area (Å²) < 4.78 is 15.5. The summed E-state index contributed by atoms with van der Waals surface area (Å²) in [7, 11) is 0. The highest BCUT2D eigenvalue weighted by Crippen LogP contribution is 2.08. The maximum absolute atomic E-state index is 12.1. The van der Waals surface area contributed by atoms with Crippen molar-refractivity contribution < 1.29 is 59.1 Å². The van der Waals surface area contributed by atoms with Crippen LogP contribution in [0.3, 0.4) is 0 Å². The lowest BCUT2D eigenvalue weighted by Crippen LogP contribution is -2.44. The molecule has 0 atom stereocenters. The average Bonchev–Trinajstić information content (AvgIpc) is 2.73. The molecule has 1 amide bonds. The molecule has 0 saturated carbocycles. The van der Waals surface area contributed by atoms with E-state index in [9.17, 15) is 14.4 Å². The molecule has 0 aliphatic carbocycles. The quantitative estimate of drug-likeness (QED) is 0.0728. The van der Waals surface area contributed by atoms with E-state index in [0.717, 1.165) is 0 Å². The minimum atomic E-state index is -0.820. The number of carbonyl (C=O) groups excluding carboxylic acids is 3. The van der Waals surface area contributed by atoms with E-state index in [1.165, 1.54) is 0 Å². The normalized spacial score (nSPS) is 11.7. The fourth-order valence-corrected chi connectivity index (χ4v) is 2.53. The van der Waals surface area contributed by atoms with E-state index < -0.39 is 29.7 Å². The molecule has 0 spiro atoms. The van der Waals surface area contributed by atoms with Gasteiger partial charge in [-0.25, -0.2) is 4.79 Å². The molecule has 0 heterocycles. The number of nitrogens with one attached hydrogen (secondary N) is 1. The molecule has 0 aliphatic heterocycles. The van der Waals surface area contributed by atoms with Crippen LogP contribution in [0.25, 0.3) is 0 Å². The third-order valence-electron chi connectivity index (χ3n) is 4.08. The van der Waals surface area contributed by atoms with E-state index in [-0.39, 0.29) is 50.0 Å². The first kappa shape index (κ1) is 32.9. The van der Waals surface area contributed by atoms with Crippen LogP contribution in [0.5, 0.6) is 0 Å². The van der Waals surface area contributed by atoms with E-state index >= 15 is 0 Å². The molecular weight excluding hydrogens is 474 g/mol. The summed E-state index contributed by atoms with van der Waals surface area (Å²) in [6.07, 6.45) is 2.60. The number of nitrogens with zero attached hydrogens (tertiary/aromatic N) is 2. The van der Waals surface area contributed by atoms with Crippen LogP contribution >= 0.6 is 0 Å². The number of alkyl carbamates (subject to hydrolysis) is 1. The van der Waals surface area contributed by atoms with Crippen molar-refractivity contribution in [3.63, 3.8) is 0 Å². The van der Waals surface area contributed by atoms with Gasteiger partial charge in [0.05, 0.1) is 24.0 Å². The number of carbonyl (C=O) groups is 3. The summed E-state index contributed by atoms with van der Waals surface area (Å²) in [4.78, 5) is 44.8. The minimum Gasteiger partial charge on any atom is -0.463 e. The molecule has 15 heteroatoms. The summed E-state index contributed by atoms with van der Waals surface area (Å²) in [6, 6.07) is -0.820. The van der Waals surface area contributed by atoms with Gasteiger partial charge in [0, 0.05) is 12.8 Å². The molecule has 5 N–H and O–H groups in total. The molecule has 0 aliphatic rings. The van der Waals surface area contributed by atoms with Crippen LogP contribution < -0.4 is 5.32 Å². The average molecular weight is 514 g/mol. The Kier molecular flexibility index (Phi) is 18.0. The number of amides is 1. The SMILES string of the molecule is CC(C)(C)OC(=O)NC(COC(=O)CCCCCON(O)O)COC(=O)CCCCCON(O)O. The number of ether oxygens (including phenoxy) is 3. The fraction of sp³-hybridized carbons (Fsp3) is 0.850. The van der Waals surface area contributed by atoms with Gasteiger partial charge in [-0.2, -0.15) is 0 Å². The fourth-order valence-electron chi connectivity index (χ4n) is 2.53. The predicted octanol–water partition coefficient (Wildman–Crippen LogP) is 2.11. The van der Waals surface area contributed by atoms with E-state index in [1.807, 2.05) is 0 Å². The Morgan fingerprint density at radius 3 is 1.54 bits per heavy atom. The van der Waals surface area contributed by atoms with Crippen molar-refractivity contribution in [2.24, 2.45) is 0 Å². The smallest absolute Gasteiger partial charge is 0.408 e. The molecule has 15 nitrogen and oxygen atoms in total. The van der Waals surface area contributed by atoms with Crippen LogP contribution in [0, 0.1) is 0 Å². The Balaban J connectivity index is 4.39. The molecule has 0 saturated heterocycles. The Morgan fingerprint density at radius 1 is 0.743 bits per heavy atom. The van der Waals surface area contributed by atoms with E-state index in [0.29, 0.717) is 38.5 Å². The van der Waals surface area contributed by atoms with Crippen molar-refractivity contribution in [2.75, 3.05) is 26.4 Å². The topological polar surface area (TPSA) is 197 Å². The highest BCUT2D eigenvalue weighted by atomic mass is 17.1. The molecular formula is C20H39N3O12. The predicted molar refractivity (Wildman–Crippen MR) is 115 cm³/mol. The molecule has 0 bridgehead atoms. The van der Waals surface area contributed by atoms with Gasteiger partial charge in [0.15, 0.2) is 0 Å². The van der Waals surface area contributed by atoms with Crippen LogP contribution in [0.4, 0.5) is 4.79 Å². The lowest BCUT2D eigenvalue weighted by molar-refractivity contribution is -0.492. The summed E-state index contributed by atoms with van der Waals surface area (Å²) in [5.41, 5.74) is -0.748. The van der Waals surface area contributed by atoms with Gasteiger partial charge >= 0.3 is 18.0 Å². The highest BCUT2D eigenvalue weighted by molar-refractivity contribution is 5.71. The molecule has 206 valence electrons. The zero-order valence-electron chi connectivity index (χ0n) is 20.5. The summed E-state index contributed by atoms with van der Waals surface area (Å²) in [5, 5.41) is 35.4. The van der Waals surface area contributed by atoms with Gasteiger partial charge in [-0.15, -0.1) is 0 Å². The van der Waals surface area contributed by atoms with Crippen LogP contribution in [-0.4, -0.2) is 87.7 Å². The van der Waals surface area contributed by atoms with Crippen molar-refractivity contribution in [1.29, 1.82) is 0 Å². The molecule has 0 radical (unpaired) electrons. The zero-order chi connectivity index (χ0) is 26.7. The van der Waals surface area contributed by atoms with Gasteiger partial charge in [0.25, 0.3) is 0 Å². The van der Waals surface area contributed by atoms with Crippen LogP contribution in [0.1, 0.15) is 72.1 Å². The number of rotatable bonds is 19. The zero-order valence-corrected chi connectivity index (χ0v) is 20.5. The van der Waals surface area contributed by atoms with Gasteiger partial charge in [-0.1, -0.05) is 12.8 Å². The maximum Gasteiger partial charge on any atom is 0.408 e. The summed E-state index contributed by atoms with van der Waals surface area (Å²) in [6.45, 7) is 4.77. The van der Waals surface area contributed by atoms with Gasteiger partial charge in [-0.3, -0.25) is 40.1 Å². The largest absolute Gasteiger partial charge is 0.463 e. The lowest BCUT2D eigenvalue weighted by atomic mass is 10.2. The standard InChI is InChI=1S/C20H39N3O12/c1-20(2,3)35-19(26)21-16(14-31-17(24)10-6-4-8-12-33-22(27)28)15-32-18(25)11-7-5-9-13-34-23(29)30/h16,27-30H,4-15H2,1-3H3,(H,21,26). The molecule has 35 heavy (non-hydrogen) atoms. The van der Waals surface area contributed by atoms with E-state index in [2.05, 4.69) is 15.0 Å². The molecule has 0 unspecified atom stereocenters. The van der Waals surface area contributed by atoms with Gasteiger partial charge in [0.1, 0.15) is 24.9 Å². The van der Waals surface area contributed by atoms with Crippen LogP contribution in [0.2, 0.25) is 0 Å². The van der Waals surface area contributed by atoms with E-state index in [4.69, 9.17) is 35.0 Å². The van der Waals surface area contributed by atoms with Crippen LogP contribution in [0.15, 0.2) is 0 Å². The van der Waals surface area contributed by atoms with Crippen molar-refractivity contribution in [2.45, 2.75) is 83.8 Å². The maximum atomic E-state index is 12.1. The second kappa shape index (κ2) is 19.1. The molecule has 0 fully saturated rings. The van der Waals surface area contributed by atoms with E-state index in [1.54, 1.807) is 20.8 Å². The molecule has 0 aromatic heterocycles. The number of hydrogen-bond acceptors (Lipinski definition) is 14. The van der Waals surface area contributed by atoms with Crippen molar-refractivity contribution in [1.82, 2.24) is 16.1 Å². The number of unbranched alkanes of at least 4 members (excludes halogenated alkanes) is 4. The molecule has 0 aromatic rings.